The topological polar surface area (TPSA) is 99.5 Å². The van der Waals surface area contributed by atoms with E-state index in [0.717, 1.165) is 25.1 Å². The van der Waals surface area contributed by atoms with Crippen molar-refractivity contribution >= 4 is 23.3 Å². The molecule has 1 fully saturated rings. The summed E-state index contributed by atoms with van der Waals surface area (Å²) in [6, 6.07) is 3.39. The van der Waals surface area contributed by atoms with E-state index in [2.05, 4.69) is 27.9 Å². The summed E-state index contributed by atoms with van der Waals surface area (Å²) < 4.78 is 81.7. The number of anilines is 1. The number of hydrogen-bond acceptors (Lipinski definition) is 8. The van der Waals surface area contributed by atoms with Crippen LogP contribution in [0.2, 0.25) is 0 Å². The number of hydrazine groups is 2. The number of nitrogens with one attached hydrogen (secondary N) is 3. The molecular formula is C27H36F6N9+. The Kier molecular flexibility index (Phi) is 8.92. The summed E-state index contributed by atoms with van der Waals surface area (Å²) in [5, 5.41) is 15.7. The molecule has 2 atom stereocenters. The number of rotatable bonds is 10. The smallest absolute Gasteiger partial charge is 0.356 e. The lowest BCUT2D eigenvalue weighted by atomic mass is 10.0. The number of nitrogens with two attached hydrogens (primary N) is 1. The molecule has 5 N–H and O–H groups in total. The van der Waals surface area contributed by atoms with Gasteiger partial charge in [0.2, 0.25) is 11.8 Å². The first kappa shape index (κ1) is 31.3. The maximum absolute atomic E-state index is 13.6. The van der Waals surface area contributed by atoms with Gasteiger partial charge in [0.05, 0.1) is 23.7 Å². The molecule has 0 radical (unpaired) electrons. The molecule has 2 unspecified atom stereocenters. The molecule has 15 heteroatoms. The number of nitrogens with zero attached hydrogens (tertiary/aromatic N) is 5. The molecule has 2 aliphatic rings. The van der Waals surface area contributed by atoms with E-state index >= 15 is 0 Å². The Balaban J connectivity index is 1.80. The van der Waals surface area contributed by atoms with Gasteiger partial charge in [-0.2, -0.15) is 31.3 Å². The molecule has 0 saturated heterocycles. The molecule has 1 aliphatic heterocycles. The van der Waals surface area contributed by atoms with Crippen LogP contribution >= 0.6 is 0 Å². The zero-order valence-corrected chi connectivity index (χ0v) is 24.1. The van der Waals surface area contributed by atoms with Gasteiger partial charge in [0.1, 0.15) is 5.82 Å². The van der Waals surface area contributed by atoms with Crippen LogP contribution in [0, 0.1) is 17.2 Å². The summed E-state index contributed by atoms with van der Waals surface area (Å²) >= 11 is 0. The van der Waals surface area contributed by atoms with Gasteiger partial charge in [-0.15, -0.1) is 10.2 Å². The number of aromatic nitrogens is 1. The van der Waals surface area contributed by atoms with Crippen molar-refractivity contribution in [3.05, 3.63) is 52.1 Å². The molecule has 42 heavy (non-hydrogen) atoms. The Bertz CT molecular complexity index is 1310. The third-order valence-electron chi connectivity index (χ3n) is 7.45. The van der Waals surface area contributed by atoms with Crippen molar-refractivity contribution in [2.75, 3.05) is 32.1 Å². The molecular weight excluding hydrogens is 564 g/mol. The predicted octanol–water partition coefficient (Wildman–Crippen LogP) is 4.04. The Hall–Kier alpha value is -3.59. The van der Waals surface area contributed by atoms with Gasteiger partial charge in [-0.3, -0.25) is 10.7 Å². The van der Waals surface area contributed by atoms with Crippen LogP contribution in [0.3, 0.4) is 0 Å². The van der Waals surface area contributed by atoms with Crippen molar-refractivity contribution in [3.8, 4) is 0 Å². The minimum atomic E-state index is -4.97. The van der Waals surface area contributed by atoms with Gasteiger partial charge in [-0.1, -0.05) is 6.92 Å². The molecule has 0 spiro atoms. The highest BCUT2D eigenvalue weighted by molar-refractivity contribution is 5.99. The number of benzene rings is 1. The van der Waals surface area contributed by atoms with E-state index in [1.807, 2.05) is 25.4 Å². The van der Waals surface area contributed by atoms with Gasteiger partial charge in [0.25, 0.3) is 0 Å². The highest BCUT2D eigenvalue weighted by Gasteiger charge is 2.38. The zero-order chi connectivity index (χ0) is 31.0. The first-order valence-corrected chi connectivity index (χ1v) is 13.6. The van der Waals surface area contributed by atoms with E-state index in [4.69, 9.17) is 10.4 Å². The Morgan fingerprint density at radius 3 is 2.14 bits per heavy atom. The Labute approximate surface area is 240 Å². The van der Waals surface area contributed by atoms with Crippen LogP contribution in [0.15, 0.2) is 29.4 Å². The van der Waals surface area contributed by atoms with Crippen LogP contribution < -0.4 is 21.2 Å². The van der Waals surface area contributed by atoms with Crippen molar-refractivity contribution in [3.63, 3.8) is 0 Å². The molecule has 230 valence electrons. The van der Waals surface area contributed by atoms with Crippen LogP contribution in [-0.4, -0.2) is 53.9 Å². The van der Waals surface area contributed by atoms with Gasteiger partial charge in [0, 0.05) is 44.5 Å². The first-order chi connectivity index (χ1) is 19.6. The van der Waals surface area contributed by atoms with E-state index in [0.29, 0.717) is 41.1 Å². The molecule has 1 aromatic carbocycles. The molecule has 0 bridgehead atoms. The number of pyridine rings is 1. The maximum Gasteiger partial charge on any atom is 0.416 e. The van der Waals surface area contributed by atoms with Crippen LogP contribution in [-0.2, 0) is 25.4 Å². The Morgan fingerprint density at radius 1 is 1.07 bits per heavy atom. The van der Waals surface area contributed by atoms with Crippen LogP contribution in [0.1, 0.15) is 55.0 Å². The van der Waals surface area contributed by atoms with Gasteiger partial charge < -0.3 is 15.2 Å². The number of quaternary nitrogens is 1. The maximum atomic E-state index is 13.6. The summed E-state index contributed by atoms with van der Waals surface area (Å²) in [6.45, 7) is 6.94. The second-order valence-corrected chi connectivity index (χ2v) is 10.8. The van der Waals surface area contributed by atoms with Crippen molar-refractivity contribution in [2.24, 2.45) is 16.9 Å². The summed E-state index contributed by atoms with van der Waals surface area (Å²) in [6.07, 6.45) is -8.83. The van der Waals surface area contributed by atoms with Gasteiger partial charge in [-0.05, 0) is 61.9 Å². The van der Waals surface area contributed by atoms with Crippen LogP contribution in [0.4, 0.5) is 38.0 Å². The fourth-order valence-corrected chi connectivity index (χ4v) is 4.98. The fraction of sp³-hybridized carbons (Fsp3) is 0.519. The Morgan fingerprint density at radius 2 is 1.69 bits per heavy atom. The average molecular weight is 601 g/mol. The van der Waals surface area contributed by atoms with E-state index in [1.165, 1.54) is 5.12 Å². The predicted molar refractivity (Wildman–Crippen MR) is 147 cm³/mol. The monoisotopic (exact) mass is 600 g/mol. The summed E-state index contributed by atoms with van der Waals surface area (Å²) in [5.41, 5.74) is 4.17. The second kappa shape index (κ2) is 12.0. The standard InChI is InChI=1S/C27H35F6N9/c1-6-41(13-18-7-15(18)2)24-19(10-22(16(3)34)23(35-4)36-24)14-42(25-37-39-40(5)38-25)12-17-8-20(26(28,29)30)11-21(9-17)27(31,32)33/h8-11,15,18,34,39H,6-7,12-14H2,1-5H3,(H,35,36)(H,37,38)/p+1. The number of guanidine groups is 1. The third kappa shape index (κ3) is 7.24. The van der Waals surface area contributed by atoms with Crippen LogP contribution in [0.5, 0.6) is 0 Å². The molecule has 4 rings (SSSR count). The zero-order valence-electron chi connectivity index (χ0n) is 24.1. The SMILES string of the molecule is CCN(CC1CC1C)c1nc([NH2+]C)c(C(C)=N)cc1CN(Cc1cc(C(F)(F)F)cc(C(F)(F)F)c1)C1=NNN(C)N1. The lowest BCUT2D eigenvalue weighted by Crippen LogP contribution is -2.74. The first-order valence-electron chi connectivity index (χ1n) is 13.6. The summed E-state index contributed by atoms with van der Waals surface area (Å²) in [7, 11) is 3.44. The quantitative estimate of drug-likeness (QED) is 0.243. The van der Waals surface area contributed by atoms with Crippen molar-refractivity contribution in [1.82, 2.24) is 26.0 Å². The lowest BCUT2D eigenvalue weighted by Gasteiger charge is -2.30. The molecule has 0 amide bonds. The molecule has 2 heterocycles. The summed E-state index contributed by atoms with van der Waals surface area (Å²) in [5.74, 6) is 2.56. The molecule has 1 saturated carbocycles. The van der Waals surface area contributed by atoms with Crippen molar-refractivity contribution < 1.29 is 31.7 Å². The van der Waals surface area contributed by atoms with E-state index in [1.54, 1.807) is 18.9 Å². The van der Waals surface area contributed by atoms with Crippen molar-refractivity contribution in [2.45, 2.75) is 52.6 Å². The number of halogens is 6. The average Bonchev–Trinajstić information content (AvgIpc) is 3.43. The van der Waals surface area contributed by atoms with E-state index in [-0.39, 0.29) is 36.4 Å². The van der Waals surface area contributed by atoms with Gasteiger partial charge in [-0.25, -0.2) is 5.53 Å². The normalized spacial score (nSPS) is 18.8. The van der Waals surface area contributed by atoms with E-state index < -0.39 is 23.5 Å². The molecule has 1 aliphatic carbocycles. The fourth-order valence-electron chi connectivity index (χ4n) is 4.98. The molecule has 9 nitrogen and oxygen atoms in total. The molecule has 1 aromatic heterocycles. The largest absolute Gasteiger partial charge is 0.416 e. The number of alkyl halides is 6. The van der Waals surface area contributed by atoms with Crippen molar-refractivity contribution in [1.29, 1.82) is 5.41 Å². The lowest BCUT2D eigenvalue weighted by molar-refractivity contribution is -0.543. The van der Waals surface area contributed by atoms with E-state index in [9.17, 15) is 26.3 Å². The number of hydrazone groups is 1. The minimum absolute atomic E-state index is 0.0439. The minimum Gasteiger partial charge on any atom is -0.356 e. The molecule has 2 aromatic rings. The highest BCUT2D eigenvalue weighted by atomic mass is 19.4. The second-order valence-electron chi connectivity index (χ2n) is 10.8. The third-order valence-corrected chi connectivity index (χ3v) is 7.45. The van der Waals surface area contributed by atoms with Crippen LogP contribution in [0.25, 0.3) is 0 Å². The van der Waals surface area contributed by atoms with Gasteiger partial charge >= 0.3 is 12.4 Å². The van der Waals surface area contributed by atoms with Gasteiger partial charge in [0.15, 0.2) is 0 Å². The highest BCUT2D eigenvalue weighted by Crippen LogP contribution is 2.40. The summed E-state index contributed by atoms with van der Waals surface area (Å²) in [4.78, 5) is 8.59. The number of hydrogen-bond donors (Lipinski definition) is 4.